The number of rotatable bonds is 4. The van der Waals surface area contributed by atoms with Gasteiger partial charge in [-0.05, 0) is 60.7 Å². The van der Waals surface area contributed by atoms with Crippen molar-refractivity contribution in [1.29, 1.82) is 0 Å². The third kappa shape index (κ3) is 3.19. The molecule has 5 nitrogen and oxygen atoms in total. The fraction of sp³-hybridized carbons (Fsp3) is 0.0435. The summed E-state index contributed by atoms with van der Waals surface area (Å²) in [4.78, 5) is 8.92. The molecule has 7 heteroatoms. The molecule has 0 radical (unpaired) electrons. The molecule has 2 N–H and O–H groups in total. The van der Waals surface area contributed by atoms with Crippen molar-refractivity contribution in [2.24, 2.45) is 0 Å². The van der Waals surface area contributed by atoms with E-state index in [0.717, 1.165) is 37.7 Å². The van der Waals surface area contributed by atoms with E-state index in [2.05, 4.69) is 9.97 Å². The summed E-state index contributed by atoms with van der Waals surface area (Å²) in [6.45, 7) is 0. The van der Waals surface area contributed by atoms with Crippen LogP contribution < -0.4 is 10.5 Å². The Kier molecular flexibility index (Phi) is 4.44. The average molecular weight is 416 g/mol. The fourth-order valence-electron chi connectivity index (χ4n) is 3.39. The van der Waals surface area contributed by atoms with Crippen molar-refractivity contribution in [2.75, 3.05) is 12.8 Å². The smallest absolute Gasteiger partial charge is 0.141 e. The van der Waals surface area contributed by atoms with E-state index in [0.29, 0.717) is 11.4 Å². The zero-order valence-electron chi connectivity index (χ0n) is 16.0. The summed E-state index contributed by atoms with van der Waals surface area (Å²) in [5.74, 6) is 0.393. The quantitative estimate of drug-likeness (QED) is 0.390. The third-order valence-electron chi connectivity index (χ3n) is 4.91. The lowest BCUT2D eigenvalue weighted by molar-refractivity contribution is 0.417. The van der Waals surface area contributed by atoms with Gasteiger partial charge in [0.1, 0.15) is 16.6 Å². The van der Waals surface area contributed by atoms with Crippen LogP contribution >= 0.6 is 11.3 Å². The van der Waals surface area contributed by atoms with E-state index in [9.17, 15) is 4.39 Å². The molecule has 3 aromatic carbocycles. The molecule has 0 saturated carbocycles. The lowest BCUT2D eigenvalue weighted by Gasteiger charge is -2.11. The number of hydrogen-bond donors (Lipinski definition) is 1. The van der Waals surface area contributed by atoms with E-state index >= 15 is 0 Å². The third-order valence-corrected chi connectivity index (χ3v) is 5.97. The molecule has 0 spiro atoms. The van der Waals surface area contributed by atoms with Gasteiger partial charge in [-0.2, -0.15) is 0 Å². The number of methoxy groups -OCH3 is 1. The second-order valence-electron chi connectivity index (χ2n) is 6.78. The Morgan fingerprint density at radius 3 is 2.57 bits per heavy atom. The van der Waals surface area contributed by atoms with Gasteiger partial charge in [0.25, 0.3) is 0 Å². The topological polar surface area (TPSA) is 66.0 Å². The number of anilines is 1. The van der Waals surface area contributed by atoms with E-state index in [1.165, 1.54) is 23.5 Å². The molecule has 0 fully saturated rings. The van der Waals surface area contributed by atoms with Crippen molar-refractivity contribution in [3.05, 3.63) is 79.0 Å². The van der Waals surface area contributed by atoms with Crippen LogP contribution in [-0.2, 0) is 0 Å². The maximum atomic E-state index is 13.5. The average Bonchev–Trinajstić information content (AvgIpc) is 3.41. The van der Waals surface area contributed by atoms with E-state index < -0.39 is 0 Å². The van der Waals surface area contributed by atoms with Gasteiger partial charge in [-0.15, -0.1) is 11.3 Å². The van der Waals surface area contributed by atoms with Gasteiger partial charge in [-0.3, -0.25) is 4.57 Å². The van der Waals surface area contributed by atoms with Gasteiger partial charge < -0.3 is 10.5 Å². The van der Waals surface area contributed by atoms with E-state index in [1.54, 1.807) is 25.7 Å². The molecule has 5 rings (SSSR count). The van der Waals surface area contributed by atoms with Crippen molar-refractivity contribution in [2.45, 2.75) is 0 Å². The number of hydrogen-bond acceptors (Lipinski definition) is 5. The molecule has 30 heavy (non-hydrogen) atoms. The SMILES string of the molecule is COc1ccc(-c2cncn2-c2ccc(-c3nc4ccc(F)cc4s3)cc2)cc1N. The van der Waals surface area contributed by atoms with Crippen molar-refractivity contribution in [3.63, 3.8) is 0 Å². The fourth-order valence-corrected chi connectivity index (χ4v) is 4.39. The minimum atomic E-state index is -0.250. The maximum Gasteiger partial charge on any atom is 0.141 e. The molecular weight excluding hydrogens is 399 g/mol. The summed E-state index contributed by atoms with van der Waals surface area (Å²) in [7, 11) is 1.60. The van der Waals surface area contributed by atoms with Crippen molar-refractivity contribution in [1.82, 2.24) is 14.5 Å². The Bertz CT molecular complexity index is 1360. The first-order valence-electron chi connectivity index (χ1n) is 9.25. The minimum absolute atomic E-state index is 0.250. The van der Waals surface area contributed by atoms with Gasteiger partial charge in [0.2, 0.25) is 0 Å². The molecule has 0 bridgehead atoms. The number of fused-ring (bicyclic) bond motifs is 1. The lowest BCUT2D eigenvalue weighted by atomic mass is 10.1. The largest absolute Gasteiger partial charge is 0.495 e. The molecule has 0 saturated heterocycles. The van der Waals surface area contributed by atoms with Crippen LogP contribution in [-0.4, -0.2) is 21.6 Å². The molecule has 0 aliphatic carbocycles. The highest BCUT2D eigenvalue weighted by Gasteiger charge is 2.11. The maximum absolute atomic E-state index is 13.5. The summed E-state index contributed by atoms with van der Waals surface area (Å²) >= 11 is 1.48. The minimum Gasteiger partial charge on any atom is -0.495 e. The zero-order chi connectivity index (χ0) is 20.7. The van der Waals surface area contributed by atoms with Crippen LogP contribution in [0, 0.1) is 5.82 Å². The molecule has 0 amide bonds. The summed E-state index contributed by atoms with van der Waals surface area (Å²) in [5.41, 5.74) is 11.3. The van der Waals surface area contributed by atoms with Gasteiger partial charge in [-0.25, -0.2) is 14.4 Å². The van der Waals surface area contributed by atoms with Gasteiger partial charge >= 0.3 is 0 Å². The zero-order valence-corrected chi connectivity index (χ0v) is 16.9. The van der Waals surface area contributed by atoms with Crippen LogP contribution in [0.3, 0.4) is 0 Å². The molecule has 0 aliphatic rings. The molecule has 0 atom stereocenters. The van der Waals surface area contributed by atoms with Crippen LogP contribution in [0.15, 0.2) is 73.2 Å². The highest BCUT2D eigenvalue weighted by molar-refractivity contribution is 7.21. The highest BCUT2D eigenvalue weighted by Crippen LogP contribution is 2.32. The number of imidazole rings is 1. The molecular formula is C23H17FN4OS. The second kappa shape index (κ2) is 7.27. The molecule has 148 valence electrons. The number of aromatic nitrogens is 3. The van der Waals surface area contributed by atoms with Crippen molar-refractivity contribution in [3.8, 4) is 33.3 Å². The van der Waals surface area contributed by atoms with Crippen LogP contribution in [0.4, 0.5) is 10.1 Å². The molecule has 5 aromatic rings. The normalized spacial score (nSPS) is 11.1. The summed E-state index contributed by atoms with van der Waals surface area (Å²) in [6.07, 6.45) is 3.57. The summed E-state index contributed by atoms with van der Waals surface area (Å²) in [6, 6.07) is 18.4. The first-order valence-corrected chi connectivity index (χ1v) is 10.1. The first kappa shape index (κ1) is 18.3. The Morgan fingerprint density at radius 1 is 1.00 bits per heavy atom. The van der Waals surface area contributed by atoms with E-state index in [4.69, 9.17) is 10.5 Å². The molecule has 0 aliphatic heterocycles. The van der Waals surface area contributed by atoms with Crippen molar-refractivity contribution >= 4 is 27.2 Å². The monoisotopic (exact) mass is 416 g/mol. The van der Waals surface area contributed by atoms with Crippen LogP contribution in [0.2, 0.25) is 0 Å². The number of halogens is 1. The van der Waals surface area contributed by atoms with Crippen molar-refractivity contribution < 1.29 is 9.13 Å². The number of ether oxygens (including phenoxy) is 1. The number of thiazole rings is 1. The Balaban J connectivity index is 1.49. The molecule has 2 aromatic heterocycles. The van der Waals surface area contributed by atoms with Crippen LogP contribution in [0.5, 0.6) is 5.75 Å². The van der Waals surface area contributed by atoms with E-state index in [-0.39, 0.29) is 5.82 Å². The Labute approximate surface area is 176 Å². The number of nitrogens with zero attached hydrogens (tertiary/aromatic N) is 3. The Hall–Kier alpha value is -3.71. The second-order valence-corrected chi connectivity index (χ2v) is 7.81. The summed E-state index contributed by atoms with van der Waals surface area (Å²) < 4.78 is 21.5. The number of benzene rings is 3. The lowest BCUT2D eigenvalue weighted by Crippen LogP contribution is -1.97. The number of nitrogens with two attached hydrogens (primary N) is 1. The van der Waals surface area contributed by atoms with Gasteiger partial charge in [-0.1, -0.05) is 0 Å². The summed E-state index contributed by atoms with van der Waals surface area (Å²) in [5, 5.41) is 0.857. The Morgan fingerprint density at radius 2 is 1.80 bits per heavy atom. The first-order chi connectivity index (χ1) is 14.6. The molecule has 0 unspecified atom stereocenters. The predicted molar refractivity (Wildman–Crippen MR) is 119 cm³/mol. The van der Waals surface area contributed by atoms with Crippen LogP contribution in [0.1, 0.15) is 0 Å². The van der Waals surface area contributed by atoms with Gasteiger partial charge in [0.15, 0.2) is 0 Å². The van der Waals surface area contributed by atoms with Gasteiger partial charge in [0.05, 0.1) is 41.2 Å². The number of nitrogen functional groups attached to an aromatic ring is 1. The van der Waals surface area contributed by atoms with Gasteiger partial charge in [0, 0.05) is 16.8 Å². The predicted octanol–water partition coefficient (Wildman–Crippen LogP) is 5.55. The highest BCUT2D eigenvalue weighted by atomic mass is 32.1. The molecule has 2 heterocycles. The standard InChI is InChI=1S/C23H17FN4OS/c1-29-21-9-4-15(10-18(21)25)20-12-26-13-28(20)17-6-2-14(3-7-17)23-27-19-8-5-16(24)11-22(19)30-23/h2-13H,25H2,1H3. The van der Waals surface area contributed by atoms with Crippen LogP contribution in [0.25, 0.3) is 37.7 Å². The van der Waals surface area contributed by atoms with E-state index in [1.807, 2.05) is 47.0 Å².